The van der Waals surface area contributed by atoms with Crippen molar-refractivity contribution in [2.75, 3.05) is 13.6 Å². The Bertz CT molecular complexity index is 352. The van der Waals surface area contributed by atoms with E-state index in [1.807, 2.05) is 7.05 Å². The Morgan fingerprint density at radius 2 is 2.54 bits per heavy atom. The van der Waals surface area contributed by atoms with Crippen LogP contribution in [0.25, 0.3) is 0 Å². The second kappa shape index (κ2) is 5.12. The fourth-order valence-corrected chi connectivity index (χ4v) is 0.751. The van der Waals surface area contributed by atoms with Gasteiger partial charge in [-0.2, -0.15) is 0 Å². The first-order valence-electron chi connectivity index (χ1n) is 4.01. The highest BCUT2D eigenvalue weighted by Crippen LogP contribution is 1.82. The molecule has 0 atom stereocenters. The molecule has 0 saturated heterocycles. The molecule has 13 heavy (non-hydrogen) atoms. The predicted octanol–water partition coefficient (Wildman–Crippen LogP) is -0.269. The Kier molecular flexibility index (Phi) is 3.74. The lowest BCUT2D eigenvalue weighted by atomic mass is 10.4. The van der Waals surface area contributed by atoms with Crippen LogP contribution in [0.1, 0.15) is 12.1 Å². The van der Waals surface area contributed by atoms with Crippen molar-refractivity contribution in [3.8, 4) is 11.8 Å². The van der Waals surface area contributed by atoms with Crippen molar-refractivity contribution in [3.63, 3.8) is 0 Å². The van der Waals surface area contributed by atoms with E-state index in [4.69, 9.17) is 0 Å². The molecule has 0 aliphatic carbocycles. The summed E-state index contributed by atoms with van der Waals surface area (Å²) in [5.41, 5.74) is 0.386. The molecular weight excluding hydrogens is 166 g/mol. The lowest BCUT2D eigenvalue weighted by Gasteiger charge is -1.88. The van der Waals surface area contributed by atoms with Crippen LogP contribution < -0.4 is 10.9 Å². The van der Waals surface area contributed by atoms with E-state index in [0.29, 0.717) is 5.69 Å². The number of hydrogen-bond donors (Lipinski definition) is 2. The van der Waals surface area contributed by atoms with Crippen LogP contribution >= 0.6 is 0 Å². The van der Waals surface area contributed by atoms with Crippen LogP contribution in [-0.2, 0) is 0 Å². The summed E-state index contributed by atoms with van der Waals surface area (Å²) in [6.07, 6.45) is 3.51. The van der Waals surface area contributed by atoms with Crippen LogP contribution in [0.2, 0.25) is 0 Å². The molecule has 0 aromatic carbocycles. The zero-order valence-corrected chi connectivity index (χ0v) is 7.42. The third kappa shape index (κ3) is 3.54. The molecule has 68 valence electrons. The molecule has 0 radical (unpaired) electrons. The number of nitrogens with zero attached hydrogens (tertiary/aromatic N) is 1. The largest absolute Gasteiger partial charge is 0.325 e. The number of aromatic amines is 1. The Labute approximate surface area is 76.4 Å². The molecule has 1 rings (SSSR count). The van der Waals surface area contributed by atoms with Crippen molar-refractivity contribution < 1.29 is 0 Å². The minimum absolute atomic E-state index is 0.208. The molecular formula is C9H11N3O. The van der Waals surface area contributed by atoms with Crippen LogP contribution in [0.4, 0.5) is 0 Å². The third-order valence-electron chi connectivity index (χ3n) is 1.39. The molecule has 4 heteroatoms. The monoisotopic (exact) mass is 177 g/mol. The highest BCUT2D eigenvalue weighted by molar-refractivity contribution is 5.23. The summed E-state index contributed by atoms with van der Waals surface area (Å²) in [4.78, 5) is 17.0. The Morgan fingerprint density at radius 1 is 1.69 bits per heavy atom. The van der Waals surface area contributed by atoms with Gasteiger partial charge >= 0.3 is 0 Å². The first-order valence-corrected chi connectivity index (χ1v) is 4.01. The summed E-state index contributed by atoms with van der Waals surface area (Å²) >= 11 is 0. The molecule has 1 aromatic rings. The van der Waals surface area contributed by atoms with Crippen LogP contribution in [0.3, 0.4) is 0 Å². The van der Waals surface area contributed by atoms with Crippen LogP contribution in [0, 0.1) is 11.8 Å². The van der Waals surface area contributed by atoms with E-state index in [9.17, 15) is 4.79 Å². The molecule has 0 fully saturated rings. The molecule has 0 saturated carbocycles. The van der Waals surface area contributed by atoms with E-state index in [2.05, 4.69) is 27.1 Å². The number of rotatable bonds is 2. The third-order valence-corrected chi connectivity index (χ3v) is 1.39. The van der Waals surface area contributed by atoms with Crippen molar-refractivity contribution in [3.05, 3.63) is 28.4 Å². The molecule has 2 N–H and O–H groups in total. The topological polar surface area (TPSA) is 57.8 Å². The standard InChI is InChI=1S/C9H11N3O/c1-10-5-3-2-4-8-6-12-9(13)7-11-8/h6-7,10H,3,5H2,1H3,(H,12,13). The van der Waals surface area contributed by atoms with Gasteiger partial charge in [0.05, 0.1) is 6.20 Å². The van der Waals surface area contributed by atoms with Gasteiger partial charge < -0.3 is 10.3 Å². The molecule has 0 spiro atoms. The minimum Gasteiger partial charge on any atom is -0.325 e. The highest BCUT2D eigenvalue weighted by Gasteiger charge is 1.86. The fraction of sp³-hybridized carbons (Fsp3) is 0.333. The Balaban J connectivity index is 2.57. The molecule has 4 nitrogen and oxygen atoms in total. The number of nitrogens with one attached hydrogen (secondary N) is 2. The van der Waals surface area contributed by atoms with Gasteiger partial charge in [-0.05, 0) is 13.0 Å². The first kappa shape index (κ1) is 9.49. The van der Waals surface area contributed by atoms with E-state index in [-0.39, 0.29) is 5.56 Å². The Morgan fingerprint density at radius 3 is 3.15 bits per heavy atom. The second-order valence-electron chi connectivity index (χ2n) is 2.45. The second-order valence-corrected chi connectivity index (χ2v) is 2.45. The van der Waals surface area contributed by atoms with Crippen molar-refractivity contribution in [2.45, 2.75) is 6.42 Å². The van der Waals surface area contributed by atoms with Gasteiger partial charge in [-0.1, -0.05) is 5.92 Å². The molecule has 0 aliphatic rings. The number of aromatic nitrogens is 2. The normalized spacial score (nSPS) is 9.00. The Hall–Kier alpha value is -1.60. The van der Waals surface area contributed by atoms with Crippen LogP contribution in [0.5, 0.6) is 0 Å². The predicted molar refractivity (Wildman–Crippen MR) is 50.3 cm³/mol. The van der Waals surface area contributed by atoms with Crippen molar-refractivity contribution in [1.29, 1.82) is 0 Å². The van der Waals surface area contributed by atoms with Gasteiger partial charge in [0.1, 0.15) is 5.69 Å². The SMILES string of the molecule is CNCCC#Cc1c[nH]c(=O)cn1. The van der Waals surface area contributed by atoms with E-state index in [0.717, 1.165) is 13.0 Å². The van der Waals surface area contributed by atoms with Gasteiger partial charge in [-0.15, -0.1) is 0 Å². The van der Waals surface area contributed by atoms with E-state index >= 15 is 0 Å². The quantitative estimate of drug-likeness (QED) is 0.483. The van der Waals surface area contributed by atoms with Crippen molar-refractivity contribution in [2.24, 2.45) is 0 Å². The maximum atomic E-state index is 10.6. The molecule has 0 aliphatic heterocycles. The van der Waals surface area contributed by atoms with Gasteiger partial charge in [-0.25, -0.2) is 4.98 Å². The summed E-state index contributed by atoms with van der Waals surface area (Å²) in [6, 6.07) is 0. The lowest BCUT2D eigenvalue weighted by Crippen LogP contribution is -2.06. The average Bonchev–Trinajstić information content (AvgIpc) is 2.15. The van der Waals surface area contributed by atoms with Crippen molar-refractivity contribution in [1.82, 2.24) is 15.3 Å². The number of hydrogen-bond acceptors (Lipinski definition) is 3. The van der Waals surface area contributed by atoms with Gasteiger partial charge in [0.15, 0.2) is 0 Å². The lowest BCUT2D eigenvalue weighted by molar-refractivity contribution is 0.818. The summed E-state index contributed by atoms with van der Waals surface area (Å²) in [5.74, 6) is 5.76. The van der Waals surface area contributed by atoms with Crippen LogP contribution in [0.15, 0.2) is 17.2 Å². The van der Waals surface area contributed by atoms with Crippen LogP contribution in [-0.4, -0.2) is 23.6 Å². The average molecular weight is 177 g/mol. The highest BCUT2D eigenvalue weighted by atomic mass is 16.1. The zero-order chi connectivity index (χ0) is 9.52. The van der Waals surface area contributed by atoms with E-state index < -0.39 is 0 Å². The van der Waals surface area contributed by atoms with Gasteiger partial charge in [0.2, 0.25) is 0 Å². The summed E-state index contributed by atoms with van der Waals surface area (Å²) < 4.78 is 0. The first-order chi connectivity index (χ1) is 6.33. The van der Waals surface area contributed by atoms with Gasteiger partial charge in [-0.3, -0.25) is 4.79 Å². The minimum atomic E-state index is -0.208. The number of H-pyrrole nitrogens is 1. The fourth-order valence-electron chi connectivity index (χ4n) is 0.751. The molecule has 1 aromatic heterocycles. The van der Waals surface area contributed by atoms with Gasteiger partial charge in [0, 0.05) is 19.2 Å². The summed E-state index contributed by atoms with van der Waals surface area (Å²) in [6.45, 7) is 0.857. The smallest absolute Gasteiger partial charge is 0.266 e. The van der Waals surface area contributed by atoms with E-state index in [1.165, 1.54) is 12.4 Å². The molecule has 0 amide bonds. The zero-order valence-electron chi connectivity index (χ0n) is 7.42. The van der Waals surface area contributed by atoms with Gasteiger partial charge in [0.25, 0.3) is 5.56 Å². The molecule has 0 bridgehead atoms. The summed E-state index contributed by atoms with van der Waals surface area (Å²) in [5, 5.41) is 2.98. The van der Waals surface area contributed by atoms with Crippen molar-refractivity contribution >= 4 is 0 Å². The maximum absolute atomic E-state index is 10.6. The molecule has 1 heterocycles. The summed E-state index contributed by atoms with van der Waals surface area (Å²) in [7, 11) is 1.87. The molecule has 0 unspecified atom stereocenters. The maximum Gasteiger partial charge on any atom is 0.266 e. The van der Waals surface area contributed by atoms with E-state index in [1.54, 1.807) is 0 Å².